The lowest BCUT2D eigenvalue weighted by Gasteiger charge is -2.41. The van der Waals surface area contributed by atoms with Gasteiger partial charge < -0.3 is 29.2 Å². The van der Waals surface area contributed by atoms with E-state index < -0.39 is 0 Å². The van der Waals surface area contributed by atoms with Crippen molar-refractivity contribution in [3.63, 3.8) is 0 Å². The molecule has 1 aromatic heterocycles. The molecule has 218 valence electrons. The van der Waals surface area contributed by atoms with E-state index in [1.54, 1.807) is 4.90 Å². The Labute approximate surface area is 252 Å². The summed E-state index contributed by atoms with van der Waals surface area (Å²) in [5.41, 5.74) is 3.14. The van der Waals surface area contributed by atoms with E-state index in [9.17, 15) is 4.79 Å². The Balaban J connectivity index is 1.33. The number of anilines is 2. The molecule has 3 aliphatic rings. The number of hydrogen-bond acceptors (Lipinski definition) is 7. The number of nitrogens with zero attached hydrogens (tertiary/aromatic N) is 7. The summed E-state index contributed by atoms with van der Waals surface area (Å²) in [5, 5.41) is 2.89. The highest BCUT2D eigenvalue weighted by Gasteiger charge is 2.35. The summed E-state index contributed by atoms with van der Waals surface area (Å²) in [6, 6.07) is 12.5. The van der Waals surface area contributed by atoms with Gasteiger partial charge in [-0.15, -0.1) is 0 Å². The third-order valence-electron chi connectivity index (χ3n) is 8.67. The number of aromatic nitrogens is 2. The molecule has 0 bridgehead atoms. The van der Waals surface area contributed by atoms with E-state index in [1.807, 2.05) is 12.1 Å². The average Bonchev–Trinajstić information content (AvgIpc) is 3.43. The minimum Gasteiger partial charge on any atom is -0.463 e. The molecule has 0 saturated carbocycles. The number of amides is 1. The number of hydrogen-bond donors (Lipinski definition) is 0. The van der Waals surface area contributed by atoms with Crippen LogP contribution in [0, 0.1) is 12.5 Å². The molecule has 0 radical (unpaired) electrons. The minimum absolute atomic E-state index is 0.136. The molecule has 2 fully saturated rings. The van der Waals surface area contributed by atoms with E-state index in [0.29, 0.717) is 44.7 Å². The normalized spacial score (nSPS) is 20.8. The maximum Gasteiger partial charge on any atom is 0.318 e. The molecule has 0 unspecified atom stereocenters. The van der Waals surface area contributed by atoms with Crippen LogP contribution >= 0.6 is 11.6 Å². The molecule has 42 heavy (non-hydrogen) atoms. The summed E-state index contributed by atoms with van der Waals surface area (Å²) < 4.78 is 6.28. The lowest BCUT2D eigenvalue weighted by atomic mass is 10.0. The quantitative estimate of drug-likeness (QED) is 0.302. The Hall–Kier alpha value is -3.87. The minimum atomic E-state index is -0.233. The molecule has 0 aliphatic carbocycles. The van der Waals surface area contributed by atoms with Gasteiger partial charge in [-0.2, -0.15) is 9.97 Å². The molecule has 3 aliphatic heterocycles. The van der Waals surface area contributed by atoms with Crippen LogP contribution in [-0.4, -0.2) is 91.2 Å². The van der Waals surface area contributed by atoms with Crippen LogP contribution in [0.5, 0.6) is 6.01 Å². The van der Waals surface area contributed by atoms with Gasteiger partial charge in [-0.05, 0) is 50.0 Å². The number of carbonyl (C=O) groups excluding carboxylic acids is 1. The maximum absolute atomic E-state index is 12.5. The van der Waals surface area contributed by atoms with E-state index in [4.69, 9.17) is 32.9 Å². The number of ether oxygens (including phenoxy) is 1. The van der Waals surface area contributed by atoms with Crippen molar-refractivity contribution < 1.29 is 9.53 Å². The molecule has 4 heterocycles. The second kappa shape index (κ2) is 12.2. The number of rotatable bonds is 7. The first kappa shape index (κ1) is 28.3. The molecule has 3 aromatic rings. The smallest absolute Gasteiger partial charge is 0.318 e. The van der Waals surface area contributed by atoms with Gasteiger partial charge in [0.1, 0.15) is 11.9 Å². The van der Waals surface area contributed by atoms with Crippen LogP contribution in [0.15, 0.2) is 49.1 Å². The summed E-state index contributed by atoms with van der Waals surface area (Å²) >= 11 is 6.69. The fourth-order valence-corrected chi connectivity index (χ4v) is 6.81. The Morgan fingerprint density at radius 3 is 2.74 bits per heavy atom. The second-order valence-corrected chi connectivity index (χ2v) is 11.9. The van der Waals surface area contributed by atoms with Gasteiger partial charge in [-0.25, -0.2) is 6.57 Å². The average molecular weight is 586 g/mol. The SMILES string of the molecule is [C-]#[N+]C[C@H]1CN(c2nc(OC[C@@H]3CCN(C)C3)nc3c2CCN(c2cccc4cccc(Cl)c24)C3)CCN1C(=O)C=C. The van der Waals surface area contributed by atoms with Crippen LogP contribution in [0.2, 0.25) is 5.02 Å². The number of halogens is 1. The topological polar surface area (TPSA) is 69.4 Å². The monoisotopic (exact) mass is 585 g/mol. The molecule has 2 aromatic carbocycles. The van der Waals surface area contributed by atoms with Crippen LogP contribution in [-0.2, 0) is 17.8 Å². The Morgan fingerprint density at radius 2 is 1.98 bits per heavy atom. The van der Waals surface area contributed by atoms with Gasteiger partial charge >= 0.3 is 6.01 Å². The van der Waals surface area contributed by atoms with E-state index >= 15 is 0 Å². The number of likely N-dealkylation sites (tertiary alicyclic amines) is 1. The van der Waals surface area contributed by atoms with Crippen LogP contribution in [0.25, 0.3) is 15.6 Å². The van der Waals surface area contributed by atoms with E-state index in [-0.39, 0.29) is 18.5 Å². The van der Waals surface area contributed by atoms with Gasteiger partial charge in [0.15, 0.2) is 0 Å². The van der Waals surface area contributed by atoms with Crippen LogP contribution in [0.1, 0.15) is 17.7 Å². The van der Waals surface area contributed by atoms with Crippen molar-refractivity contribution in [1.82, 2.24) is 19.8 Å². The molecular weight excluding hydrogens is 550 g/mol. The van der Waals surface area contributed by atoms with E-state index in [2.05, 4.69) is 57.4 Å². The lowest BCUT2D eigenvalue weighted by Crippen LogP contribution is -2.56. The molecule has 1 amide bonds. The summed E-state index contributed by atoms with van der Waals surface area (Å²) in [4.78, 5) is 34.7. The van der Waals surface area contributed by atoms with Crippen molar-refractivity contribution in [2.24, 2.45) is 5.92 Å². The van der Waals surface area contributed by atoms with E-state index in [0.717, 1.165) is 71.0 Å². The molecule has 2 atom stereocenters. The van der Waals surface area contributed by atoms with Gasteiger partial charge in [0.25, 0.3) is 0 Å². The highest BCUT2D eigenvalue weighted by atomic mass is 35.5. The summed E-state index contributed by atoms with van der Waals surface area (Å²) in [5.74, 6) is 1.17. The number of benzene rings is 2. The standard InChI is InChI=1S/C32H36ClN7O2/c1-4-29(41)40-16-15-39(19-24(40)17-34-2)31-25-12-14-38(28-10-6-8-23-7-5-9-26(33)30(23)28)20-27(25)35-32(36-31)42-21-22-11-13-37(3)18-22/h4-10,22,24H,1,11-21H2,3H3/t22-,24+/m1/s1. The van der Waals surface area contributed by atoms with Crippen LogP contribution in [0.3, 0.4) is 0 Å². The Kier molecular flexibility index (Phi) is 8.18. The van der Waals surface area contributed by atoms with Gasteiger partial charge in [-0.3, -0.25) is 4.79 Å². The van der Waals surface area contributed by atoms with Gasteiger partial charge in [-0.1, -0.05) is 42.4 Å². The van der Waals surface area contributed by atoms with Crippen molar-refractivity contribution in [2.75, 3.05) is 69.3 Å². The fraction of sp³-hybridized carbons (Fsp3) is 0.438. The Bertz CT molecular complexity index is 1530. The third kappa shape index (κ3) is 5.61. The zero-order chi connectivity index (χ0) is 29.2. The fourth-order valence-electron chi connectivity index (χ4n) is 6.53. The van der Waals surface area contributed by atoms with Crippen LogP contribution < -0.4 is 14.5 Å². The zero-order valence-electron chi connectivity index (χ0n) is 24.0. The number of carbonyl (C=O) groups is 1. The predicted octanol–water partition coefficient (Wildman–Crippen LogP) is 4.30. The van der Waals surface area contributed by atoms with Crippen molar-refractivity contribution in [3.8, 4) is 6.01 Å². The molecule has 0 spiro atoms. The lowest BCUT2D eigenvalue weighted by molar-refractivity contribution is -0.128. The predicted molar refractivity (Wildman–Crippen MR) is 166 cm³/mol. The molecule has 6 rings (SSSR count). The summed E-state index contributed by atoms with van der Waals surface area (Å²) in [6.45, 7) is 17.1. The highest BCUT2D eigenvalue weighted by Crippen LogP contribution is 2.37. The largest absolute Gasteiger partial charge is 0.463 e. The molecule has 10 heteroatoms. The molecule has 9 nitrogen and oxygen atoms in total. The first-order chi connectivity index (χ1) is 20.4. The second-order valence-electron chi connectivity index (χ2n) is 11.4. The van der Waals surface area contributed by atoms with Crippen molar-refractivity contribution in [3.05, 3.63) is 76.8 Å². The van der Waals surface area contributed by atoms with Crippen molar-refractivity contribution >= 4 is 39.8 Å². The summed E-state index contributed by atoms with van der Waals surface area (Å²) in [6.07, 6.45) is 3.19. The zero-order valence-corrected chi connectivity index (χ0v) is 24.8. The first-order valence-electron chi connectivity index (χ1n) is 14.6. The Morgan fingerprint density at radius 1 is 1.14 bits per heavy atom. The molecule has 2 saturated heterocycles. The number of piperazine rings is 1. The van der Waals surface area contributed by atoms with E-state index in [1.165, 1.54) is 6.08 Å². The number of fused-ring (bicyclic) bond motifs is 2. The molecule has 0 N–H and O–H groups in total. The van der Waals surface area contributed by atoms with Gasteiger partial charge in [0, 0.05) is 55.3 Å². The summed E-state index contributed by atoms with van der Waals surface area (Å²) in [7, 11) is 2.14. The van der Waals surface area contributed by atoms with Crippen molar-refractivity contribution in [1.29, 1.82) is 0 Å². The third-order valence-corrected chi connectivity index (χ3v) is 8.99. The molecular formula is C32H36ClN7O2. The maximum atomic E-state index is 12.5. The highest BCUT2D eigenvalue weighted by molar-refractivity contribution is 6.36. The van der Waals surface area contributed by atoms with Gasteiger partial charge in [0.05, 0.1) is 23.9 Å². The first-order valence-corrected chi connectivity index (χ1v) is 15.0. The van der Waals surface area contributed by atoms with Gasteiger partial charge in [0.2, 0.25) is 12.5 Å². The van der Waals surface area contributed by atoms with Crippen LogP contribution in [0.4, 0.5) is 11.5 Å². The van der Waals surface area contributed by atoms with Crippen molar-refractivity contribution in [2.45, 2.75) is 25.4 Å².